The second-order valence-electron chi connectivity index (χ2n) is 6.47. The standard InChI is InChI=1S/C20H20N2O5S/c1-25-16-8-9-17-18(11-16)28-19(21-17)27-15-6-4-14(5-7-15)26-12-13-3-2-10-22(13)20(23)24/h4-9,11,13H,2-3,10,12H2,1H3,(H,23,24)/t13-/m1/s1. The Labute approximate surface area is 166 Å². The highest BCUT2D eigenvalue weighted by atomic mass is 32.1. The van der Waals surface area contributed by atoms with Crippen LogP contribution in [0.15, 0.2) is 42.5 Å². The molecule has 1 saturated heterocycles. The monoisotopic (exact) mass is 400 g/mol. The number of fused-ring (bicyclic) bond motifs is 1. The molecule has 1 amide bonds. The average molecular weight is 400 g/mol. The number of thiazole rings is 1. The number of rotatable bonds is 6. The lowest BCUT2D eigenvalue weighted by Crippen LogP contribution is -2.37. The number of ether oxygens (including phenoxy) is 3. The number of hydrogen-bond acceptors (Lipinski definition) is 6. The molecule has 0 radical (unpaired) electrons. The minimum absolute atomic E-state index is 0.0897. The van der Waals surface area contributed by atoms with Gasteiger partial charge in [-0.1, -0.05) is 11.3 Å². The van der Waals surface area contributed by atoms with Gasteiger partial charge in [0.15, 0.2) is 0 Å². The van der Waals surface area contributed by atoms with Gasteiger partial charge in [0.05, 0.1) is 23.4 Å². The number of benzene rings is 2. The third kappa shape index (κ3) is 3.96. The highest BCUT2D eigenvalue weighted by Gasteiger charge is 2.28. The number of nitrogens with zero attached hydrogens (tertiary/aromatic N) is 2. The quantitative estimate of drug-likeness (QED) is 0.650. The molecule has 1 fully saturated rings. The second kappa shape index (κ2) is 7.93. The fourth-order valence-corrected chi connectivity index (χ4v) is 4.08. The Morgan fingerprint density at radius 1 is 1.21 bits per heavy atom. The van der Waals surface area contributed by atoms with E-state index in [4.69, 9.17) is 14.2 Å². The van der Waals surface area contributed by atoms with Gasteiger partial charge in [0.25, 0.3) is 5.19 Å². The zero-order chi connectivity index (χ0) is 19.5. The van der Waals surface area contributed by atoms with Crippen molar-refractivity contribution in [3.05, 3.63) is 42.5 Å². The summed E-state index contributed by atoms with van der Waals surface area (Å²) in [6.45, 7) is 0.927. The van der Waals surface area contributed by atoms with E-state index in [0.29, 0.717) is 29.8 Å². The SMILES string of the molecule is COc1ccc2nc(Oc3ccc(OC[C@H]4CCCN4C(=O)O)cc3)sc2c1. The molecule has 0 aliphatic carbocycles. The Balaban J connectivity index is 1.37. The van der Waals surface area contributed by atoms with Crippen molar-refractivity contribution in [1.82, 2.24) is 9.88 Å². The normalized spacial score (nSPS) is 16.3. The molecule has 0 saturated carbocycles. The molecule has 146 valence electrons. The van der Waals surface area contributed by atoms with E-state index >= 15 is 0 Å². The van der Waals surface area contributed by atoms with Crippen LogP contribution in [0, 0.1) is 0 Å². The summed E-state index contributed by atoms with van der Waals surface area (Å²) in [6.07, 6.45) is 0.820. The van der Waals surface area contributed by atoms with E-state index in [1.165, 1.54) is 16.2 Å². The Hall–Kier alpha value is -3.00. The summed E-state index contributed by atoms with van der Waals surface area (Å²) in [5.41, 5.74) is 0.861. The van der Waals surface area contributed by atoms with Crippen molar-refractivity contribution in [2.75, 3.05) is 20.3 Å². The molecule has 1 N–H and O–H groups in total. The first kappa shape index (κ1) is 18.4. The molecular weight excluding hydrogens is 380 g/mol. The maximum absolute atomic E-state index is 11.2. The predicted molar refractivity (Wildman–Crippen MR) is 106 cm³/mol. The van der Waals surface area contributed by atoms with Crippen LogP contribution < -0.4 is 14.2 Å². The Kier molecular flexibility index (Phi) is 5.21. The number of amides is 1. The number of aromatic nitrogens is 1. The lowest BCUT2D eigenvalue weighted by atomic mass is 10.2. The smallest absolute Gasteiger partial charge is 0.407 e. The maximum atomic E-state index is 11.2. The third-order valence-corrected chi connectivity index (χ3v) is 5.57. The van der Waals surface area contributed by atoms with E-state index in [2.05, 4.69) is 4.98 Å². The minimum atomic E-state index is -0.886. The van der Waals surface area contributed by atoms with E-state index in [1.54, 1.807) is 7.11 Å². The van der Waals surface area contributed by atoms with Crippen molar-refractivity contribution in [2.24, 2.45) is 0 Å². The van der Waals surface area contributed by atoms with E-state index in [-0.39, 0.29) is 6.04 Å². The summed E-state index contributed by atoms with van der Waals surface area (Å²) in [7, 11) is 1.63. The summed E-state index contributed by atoms with van der Waals surface area (Å²) in [4.78, 5) is 17.1. The van der Waals surface area contributed by atoms with Gasteiger partial charge in [-0.2, -0.15) is 0 Å². The second-order valence-corrected chi connectivity index (χ2v) is 7.46. The van der Waals surface area contributed by atoms with Gasteiger partial charge in [0.1, 0.15) is 23.9 Å². The topological polar surface area (TPSA) is 81.1 Å². The molecule has 1 aliphatic rings. The molecule has 1 aromatic heterocycles. The van der Waals surface area contributed by atoms with Gasteiger partial charge in [0, 0.05) is 6.54 Å². The van der Waals surface area contributed by atoms with Gasteiger partial charge in [0.2, 0.25) is 0 Å². The molecule has 0 spiro atoms. The fourth-order valence-electron chi connectivity index (χ4n) is 3.21. The molecule has 8 heteroatoms. The first-order valence-electron chi connectivity index (χ1n) is 8.97. The summed E-state index contributed by atoms with van der Waals surface area (Å²) >= 11 is 1.45. The number of carboxylic acid groups (broad SMARTS) is 1. The number of likely N-dealkylation sites (tertiary alicyclic amines) is 1. The van der Waals surface area contributed by atoms with Crippen molar-refractivity contribution < 1.29 is 24.1 Å². The van der Waals surface area contributed by atoms with Gasteiger partial charge >= 0.3 is 6.09 Å². The molecule has 7 nitrogen and oxygen atoms in total. The van der Waals surface area contributed by atoms with Crippen LogP contribution in [0.1, 0.15) is 12.8 Å². The van der Waals surface area contributed by atoms with Crippen LogP contribution in [0.3, 0.4) is 0 Å². The van der Waals surface area contributed by atoms with Crippen LogP contribution in [0.25, 0.3) is 10.2 Å². The van der Waals surface area contributed by atoms with E-state index < -0.39 is 6.09 Å². The largest absolute Gasteiger partial charge is 0.497 e. The molecule has 28 heavy (non-hydrogen) atoms. The highest BCUT2D eigenvalue weighted by Crippen LogP contribution is 2.33. The van der Waals surface area contributed by atoms with Gasteiger partial charge in [-0.3, -0.25) is 0 Å². The molecular formula is C20H20N2O5S. The van der Waals surface area contributed by atoms with Crippen molar-refractivity contribution in [2.45, 2.75) is 18.9 Å². The molecule has 2 aromatic carbocycles. The van der Waals surface area contributed by atoms with Gasteiger partial charge in [-0.25, -0.2) is 9.78 Å². The van der Waals surface area contributed by atoms with Crippen molar-refractivity contribution in [3.8, 4) is 22.4 Å². The summed E-state index contributed by atoms with van der Waals surface area (Å²) in [5.74, 6) is 2.12. The number of hydrogen-bond donors (Lipinski definition) is 1. The third-order valence-electron chi connectivity index (χ3n) is 4.67. The van der Waals surface area contributed by atoms with Crippen LogP contribution in [0.4, 0.5) is 4.79 Å². The van der Waals surface area contributed by atoms with Gasteiger partial charge in [-0.15, -0.1) is 0 Å². The minimum Gasteiger partial charge on any atom is -0.497 e. The zero-order valence-corrected chi connectivity index (χ0v) is 16.1. The predicted octanol–water partition coefficient (Wildman–Crippen LogP) is 4.62. The van der Waals surface area contributed by atoms with Gasteiger partial charge in [-0.05, 0) is 55.3 Å². The zero-order valence-electron chi connectivity index (χ0n) is 15.3. The summed E-state index contributed by atoms with van der Waals surface area (Å²) < 4.78 is 17.8. The van der Waals surface area contributed by atoms with Crippen molar-refractivity contribution in [1.29, 1.82) is 0 Å². The first-order chi connectivity index (χ1) is 13.6. The molecule has 3 aromatic rings. The van der Waals surface area contributed by atoms with Crippen LogP contribution in [0.5, 0.6) is 22.4 Å². The van der Waals surface area contributed by atoms with E-state index in [9.17, 15) is 9.90 Å². The van der Waals surface area contributed by atoms with Gasteiger partial charge < -0.3 is 24.2 Å². The highest BCUT2D eigenvalue weighted by molar-refractivity contribution is 7.20. The lowest BCUT2D eigenvalue weighted by Gasteiger charge is -2.21. The average Bonchev–Trinajstić information content (AvgIpc) is 3.33. The Morgan fingerprint density at radius 3 is 2.71 bits per heavy atom. The molecule has 0 unspecified atom stereocenters. The molecule has 0 bridgehead atoms. The molecule has 1 aliphatic heterocycles. The first-order valence-corrected chi connectivity index (χ1v) is 9.79. The Bertz CT molecular complexity index is 972. The van der Waals surface area contributed by atoms with Crippen LogP contribution >= 0.6 is 11.3 Å². The number of carbonyl (C=O) groups is 1. The molecule has 2 heterocycles. The maximum Gasteiger partial charge on any atom is 0.407 e. The van der Waals surface area contributed by atoms with Crippen LogP contribution in [0.2, 0.25) is 0 Å². The van der Waals surface area contributed by atoms with Crippen LogP contribution in [-0.2, 0) is 0 Å². The van der Waals surface area contributed by atoms with E-state index in [1.807, 2.05) is 42.5 Å². The Morgan fingerprint density at radius 2 is 1.96 bits per heavy atom. The fraction of sp³-hybridized carbons (Fsp3) is 0.300. The molecule has 1 atom stereocenters. The van der Waals surface area contributed by atoms with Crippen LogP contribution in [-0.4, -0.2) is 47.4 Å². The van der Waals surface area contributed by atoms with Crippen molar-refractivity contribution in [3.63, 3.8) is 0 Å². The summed E-state index contributed by atoms with van der Waals surface area (Å²) in [6, 6.07) is 12.9. The van der Waals surface area contributed by atoms with E-state index in [0.717, 1.165) is 28.8 Å². The summed E-state index contributed by atoms with van der Waals surface area (Å²) in [5, 5.41) is 9.74. The lowest BCUT2D eigenvalue weighted by molar-refractivity contribution is 0.123. The number of methoxy groups -OCH3 is 1. The molecule has 4 rings (SSSR count). The van der Waals surface area contributed by atoms with Crippen molar-refractivity contribution >= 4 is 27.6 Å².